The number of anilines is 1. The molecule has 114 valence electrons. The van der Waals surface area contributed by atoms with Crippen LogP contribution in [0.15, 0.2) is 23.1 Å². The van der Waals surface area contributed by atoms with Crippen LogP contribution in [0, 0.1) is 0 Å². The first-order valence-electron chi connectivity index (χ1n) is 6.29. The van der Waals surface area contributed by atoms with Crippen LogP contribution in [0.2, 0.25) is 5.02 Å². The van der Waals surface area contributed by atoms with Crippen LogP contribution < -0.4 is 10.0 Å². The van der Waals surface area contributed by atoms with E-state index in [9.17, 15) is 13.5 Å². The standard InChI is InChI=1S/C13H21ClN2O3S/c1-9(2)16-20(18,19)10-5-6-12(11(14)7-10)15-8-13(3,4)17/h5-7,9,15-17H,8H2,1-4H3. The fraction of sp³-hybridized carbons (Fsp3) is 0.538. The average molecular weight is 321 g/mol. The van der Waals surface area contributed by atoms with Gasteiger partial charge in [0.15, 0.2) is 0 Å². The second kappa shape index (κ2) is 6.30. The lowest BCUT2D eigenvalue weighted by Gasteiger charge is -2.19. The van der Waals surface area contributed by atoms with Crippen molar-refractivity contribution in [2.75, 3.05) is 11.9 Å². The number of halogens is 1. The van der Waals surface area contributed by atoms with Gasteiger partial charge in [-0.15, -0.1) is 0 Å². The van der Waals surface area contributed by atoms with Crippen LogP contribution in [0.25, 0.3) is 0 Å². The van der Waals surface area contributed by atoms with E-state index >= 15 is 0 Å². The molecule has 0 atom stereocenters. The van der Waals surface area contributed by atoms with Crippen molar-refractivity contribution >= 4 is 27.3 Å². The Morgan fingerprint density at radius 3 is 2.40 bits per heavy atom. The Balaban J connectivity index is 2.94. The molecule has 1 aromatic carbocycles. The number of nitrogens with one attached hydrogen (secondary N) is 2. The van der Waals surface area contributed by atoms with E-state index in [-0.39, 0.29) is 10.9 Å². The number of hydrogen-bond donors (Lipinski definition) is 3. The molecular weight excluding hydrogens is 300 g/mol. The molecule has 0 amide bonds. The van der Waals surface area contributed by atoms with E-state index in [1.165, 1.54) is 12.1 Å². The van der Waals surface area contributed by atoms with Gasteiger partial charge in [-0.1, -0.05) is 11.6 Å². The van der Waals surface area contributed by atoms with Crippen molar-refractivity contribution in [3.05, 3.63) is 23.2 Å². The Kier molecular flexibility index (Phi) is 5.43. The minimum Gasteiger partial charge on any atom is -0.389 e. The fourth-order valence-electron chi connectivity index (χ4n) is 1.50. The third kappa shape index (κ3) is 5.28. The van der Waals surface area contributed by atoms with E-state index < -0.39 is 15.6 Å². The molecule has 0 fully saturated rings. The number of hydrogen-bond acceptors (Lipinski definition) is 4. The molecule has 0 aliphatic heterocycles. The molecule has 0 spiro atoms. The van der Waals surface area contributed by atoms with Crippen molar-refractivity contribution in [1.82, 2.24) is 4.72 Å². The van der Waals surface area contributed by atoms with Gasteiger partial charge >= 0.3 is 0 Å². The summed E-state index contributed by atoms with van der Waals surface area (Å²) in [6.07, 6.45) is 0. The van der Waals surface area contributed by atoms with Gasteiger partial charge in [-0.2, -0.15) is 0 Å². The lowest BCUT2D eigenvalue weighted by atomic mass is 10.1. The van der Waals surface area contributed by atoms with Crippen LogP contribution in [0.4, 0.5) is 5.69 Å². The maximum atomic E-state index is 12.0. The molecular formula is C13H21ClN2O3S. The van der Waals surface area contributed by atoms with Crippen molar-refractivity contribution in [2.24, 2.45) is 0 Å². The SMILES string of the molecule is CC(C)NS(=O)(=O)c1ccc(NCC(C)(C)O)c(Cl)c1. The molecule has 0 unspecified atom stereocenters. The first-order chi connectivity index (χ1) is 9.01. The molecule has 0 bridgehead atoms. The van der Waals surface area contributed by atoms with E-state index in [1.807, 2.05) is 0 Å². The number of rotatable bonds is 6. The first kappa shape index (κ1) is 17.2. The lowest BCUT2D eigenvalue weighted by Crippen LogP contribution is -2.30. The Morgan fingerprint density at radius 1 is 1.35 bits per heavy atom. The van der Waals surface area contributed by atoms with Gasteiger partial charge in [0.05, 0.1) is 21.2 Å². The molecule has 0 aromatic heterocycles. The molecule has 0 aliphatic carbocycles. The van der Waals surface area contributed by atoms with Gasteiger partial charge in [-0.05, 0) is 45.9 Å². The van der Waals surface area contributed by atoms with Crippen molar-refractivity contribution in [3.8, 4) is 0 Å². The Labute approximate surface area is 125 Å². The summed E-state index contributed by atoms with van der Waals surface area (Å²) in [5, 5.41) is 12.9. The van der Waals surface area contributed by atoms with E-state index in [1.54, 1.807) is 33.8 Å². The van der Waals surface area contributed by atoms with Crippen LogP contribution in [0.3, 0.4) is 0 Å². The first-order valence-corrected chi connectivity index (χ1v) is 8.15. The number of benzene rings is 1. The van der Waals surface area contributed by atoms with E-state index in [0.717, 1.165) is 0 Å². The molecule has 0 saturated heterocycles. The summed E-state index contributed by atoms with van der Waals surface area (Å²) in [5.74, 6) is 0. The zero-order chi connectivity index (χ0) is 15.6. The zero-order valence-electron chi connectivity index (χ0n) is 12.1. The molecule has 1 rings (SSSR count). The summed E-state index contributed by atoms with van der Waals surface area (Å²) in [6.45, 7) is 7.14. The Hall–Kier alpha value is -0.820. The summed E-state index contributed by atoms with van der Waals surface area (Å²) < 4.78 is 26.5. The lowest BCUT2D eigenvalue weighted by molar-refractivity contribution is 0.0945. The molecule has 5 nitrogen and oxygen atoms in total. The van der Waals surface area contributed by atoms with Gasteiger partial charge < -0.3 is 10.4 Å². The quantitative estimate of drug-likeness (QED) is 0.751. The average Bonchev–Trinajstić information content (AvgIpc) is 2.24. The highest BCUT2D eigenvalue weighted by Crippen LogP contribution is 2.25. The van der Waals surface area contributed by atoms with Crippen molar-refractivity contribution in [1.29, 1.82) is 0 Å². The monoisotopic (exact) mass is 320 g/mol. The molecule has 0 heterocycles. The highest BCUT2D eigenvalue weighted by atomic mass is 35.5. The molecule has 20 heavy (non-hydrogen) atoms. The molecule has 0 aliphatic rings. The van der Waals surface area contributed by atoms with E-state index in [0.29, 0.717) is 17.3 Å². The summed E-state index contributed by atoms with van der Waals surface area (Å²) in [4.78, 5) is 0.116. The second-order valence-corrected chi connectivity index (χ2v) is 7.70. The van der Waals surface area contributed by atoms with Crippen molar-refractivity contribution < 1.29 is 13.5 Å². The van der Waals surface area contributed by atoms with Gasteiger partial charge in [-0.25, -0.2) is 13.1 Å². The highest BCUT2D eigenvalue weighted by molar-refractivity contribution is 7.89. The zero-order valence-corrected chi connectivity index (χ0v) is 13.6. The van der Waals surface area contributed by atoms with E-state index in [2.05, 4.69) is 10.0 Å². The highest BCUT2D eigenvalue weighted by Gasteiger charge is 2.18. The Morgan fingerprint density at radius 2 is 1.95 bits per heavy atom. The maximum Gasteiger partial charge on any atom is 0.240 e. The normalized spacial score (nSPS) is 12.8. The molecule has 1 aromatic rings. The molecule has 0 saturated carbocycles. The largest absolute Gasteiger partial charge is 0.389 e. The summed E-state index contributed by atoms with van der Waals surface area (Å²) in [7, 11) is -3.55. The molecule has 7 heteroatoms. The Bertz CT molecular complexity index is 565. The minimum atomic E-state index is -3.55. The summed E-state index contributed by atoms with van der Waals surface area (Å²) >= 11 is 6.06. The van der Waals surface area contributed by atoms with Crippen LogP contribution in [0.5, 0.6) is 0 Å². The van der Waals surface area contributed by atoms with Crippen LogP contribution in [-0.4, -0.2) is 31.7 Å². The van der Waals surface area contributed by atoms with Crippen LogP contribution >= 0.6 is 11.6 Å². The van der Waals surface area contributed by atoms with E-state index in [4.69, 9.17) is 11.6 Å². The predicted octanol–water partition coefficient (Wildman–Crippen LogP) is 2.21. The third-order valence-corrected chi connectivity index (χ3v) is 4.32. The van der Waals surface area contributed by atoms with Gasteiger partial charge in [0, 0.05) is 12.6 Å². The summed E-state index contributed by atoms with van der Waals surface area (Å²) in [6, 6.07) is 4.26. The fourth-order valence-corrected chi connectivity index (χ4v) is 3.09. The van der Waals surface area contributed by atoms with Crippen molar-refractivity contribution in [2.45, 2.75) is 44.2 Å². The van der Waals surface area contributed by atoms with Gasteiger partial charge in [0.25, 0.3) is 0 Å². The predicted molar refractivity (Wildman–Crippen MR) is 81.7 cm³/mol. The molecule has 3 N–H and O–H groups in total. The van der Waals surface area contributed by atoms with Gasteiger partial charge in [-0.3, -0.25) is 0 Å². The van der Waals surface area contributed by atoms with Crippen molar-refractivity contribution in [3.63, 3.8) is 0 Å². The number of sulfonamides is 1. The topological polar surface area (TPSA) is 78.4 Å². The van der Waals surface area contributed by atoms with Gasteiger partial charge in [0.2, 0.25) is 10.0 Å². The van der Waals surface area contributed by atoms with Crippen LogP contribution in [0.1, 0.15) is 27.7 Å². The summed E-state index contributed by atoms with van der Waals surface area (Å²) in [5.41, 5.74) is -0.301. The third-order valence-electron chi connectivity index (χ3n) is 2.35. The second-order valence-electron chi connectivity index (χ2n) is 5.58. The number of aliphatic hydroxyl groups is 1. The maximum absolute atomic E-state index is 12.0. The molecule has 0 radical (unpaired) electrons. The van der Waals surface area contributed by atoms with Crippen LogP contribution in [-0.2, 0) is 10.0 Å². The smallest absolute Gasteiger partial charge is 0.240 e. The van der Waals surface area contributed by atoms with Gasteiger partial charge in [0.1, 0.15) is 0 Å². The minimum absolute atomic E-state index is 0.116.